The maximum absolute atomic E-state index is 12.9. The molecule has 2 aromatic carbocycles. The highest BCUT2D eigenvalue weighted by molar-refractivity contribution is 6.10. The molecule has 1 amide bonds. The molecule has 3 rings (SSSR count). The number of phenols is 1. The van der Waals surface area contributed by atoms with Gasteiger partial charge in [0, 0.05) is 11.6 Å². The summed E-state index contributed by atoms with van der Waals surface area (Å²) < 4.78 is 44.1. The molecule has 0 saturated carbocycles. The first kappa shape index (κ1) is 19.8. The number of aromatic hydroxyl groups is 1. The van der Waals surface area contributed by atoms with E-state index in [9.17, 15) is 28.3 Å². The minimum absolute atomic E-state index is 0.112. The fraction of sp³-hybridized carbons (Fsp3) is 0.0476. The Bertz CT molecular complexity index is 1120. The van der Waals surface area contributed by atoms with Crippen molar-refractivity contribution in [2.75, 3.05) is 5.32 Å². The Labute approximate surface area is 163 Å². The predicted molar refractivity (Wildman–Crippen MR) is 99.5 cm³/mol. The molecule has 8 heteroatoms. The number of para-hydroxylation sites is 2. The molecule has 0 saturated heterocycles. The smallest absolute Gasteiger partial charge is 0.416 e. The maximum Gasteiger partial charge on any atom is 0.416 e. The molecule has 0 atom stereocenters. The number of halogens is 3. The Kier molecular flexibility index (Phi) is 5.41. The lowest BCUT2D eigenvalue weighted by Gasteiger charge is -2.07. The fourth-order valence-corrected chi connectivity index (χ4v) is 2.49. The number of hydrogen-bond donors (Lipinski definition) is 2. The zero-order valence-corrected chi connectivity index (χ0v) is 14.7. The molecule has 0 spiro atoms. The minimum atomic E-state index is -4.49. The lowest BCUT2D eigenvalue weighted by molar-refractivity contribution is -0.137. The van der Waals surface area contributed by atoms with Gasteiger partial charge in [0.25, 0.3) is 5.91 Å². The van der Waals surface area contributed by atoms with Gasteiger partial charge >= 0.3 is 6.18 Å². The van der Waals surface area contributed by atoms with E-state index in [4.69, 9.17) is 4.42 Å². The van der Waals surface area contributed by atoms with Crippen molar-refractivity contribution in [1.82, 2.24) is 0 Å². The third-order valence-corrected chi connectivity index (χ3v) is 3.91. The van der Waals surface area contributed by atoms with Crippen LogP contribution >= 0.6 is 0 Å². The molecule has 0 fully saturated rings. The van der Waals surface area contributed by atoms with Crippen LogP contribution in [-0.4, -0.2) is 11.0 Å². The lowest BCUT2D eigenvalue weighted by atomic mass is 10.1. The van der Waals surface area contributed by atoms with Crippen LogP contribution in [0.5, 0.6) is 5.75 Å². The predicted octanol–water partition coefficient (Wildman–Crippen LogP) is 5.22. The van der Waals surface area contributed by atoms with Crippen LogP contribution in [0.15, 0.2) is 70.7 Å². The molecule has 1 heterocycles. The van der Waals surface area contributed by atoms with E-state index in [1.165, 1.54) is 36.4 Å². The number of carbonyl (C=O) groups excluding carboxylic acids is 1. The Morgan fingerprint density at radius 1 is 1.10 bits per heavy atom. The van der Waals surface area contributed by atoms with Gasteiger partial charge in [-0.2, -0.15) is 18.4 Å². The first-order valence-electron chi connectivity index (χ1n) is 8.26. The van der Waals surface area contributed by atoms with Crippen molar-refractivity contribution in [3.8, 4) is 23.1 Å². The number of hydrogen-bond acceptors (Lipinski definition) is 4. The molecular weight excluding hydrogens is 385 g/mol. The third-order valence-electron chi connectivity index (χ3n) is 3.91. The van der Waals surface area contributed by atoms with Crippen LogP contribution in [0, 0.1) is 11.3 Å². The van der Waals surface area contributed by atoms with E-state index < -0.39 is 17.6 Å². The van der Waals surface area contributed by atoms with Gasteiger partial charge in [0.1, 0.15) is 28.9 Å². The monoisotopic (exact) mass is 398 g/mol. The Morgan fingerprint density at radius 3 is 2.55 bits per heavy atom. The highest BCUT2D eigenvalue weighted by Crippen LogP contribution is 2.33. The van der Waals surface area contributed by atoms with Crippen molar-refractivity contribution >= 4 is 17.7 Å². The number of anilines is 1. The summed E-state index contributed by atoms with van der Waals surface area (Å²) in [6.07, 6.45) is -3.33. The standard InChI is InChI=1S/C21H13F3N2O3/c22-21(23,24)15-5-3-4-13(10-15)19-9-8-16(29-19)11-14(12-25)20(28)26-17-6-1-2-7-18(17)27/h1-11,27H,(H,26,28)/b14-11+. The molecule has 29 heavy (non-hydrogen) atoms. The molecule has 0 radical (unpaired) electrons. The van der Waals surface area contributed by atoms with Gasteiger partial charge in [0.15, 0.2) is 0 Å². The molecule has 0 bridgehead atoms. The van der Waals surface area contributed by atoms with E-state index in [0.717, 1.165) is 18.2 Å². The molecule has 1 aromatic heterocycles. The van der Waals surface area contributed by atoms with Gasteiger partial charge in [0.05, 0.1) is 11.3 Å². The second-order valence-corrected chi connectivity index (χ2v) is 5.92. The number of amides is 1. The molecule has 146 valence electrons. The fourth-order valence-electron chi connectivity index (χ4n) is 2.49. The van der Waals surface area contributed by atoms with Gasteiger partial charge in [0.2, 0.25) is 0 Å². The number of nitrogens with one attached hydrogen (secondary N) is 1. The Hall–Kier alpha value is -3.99. The largest absolute Gasteiger partial charge is 0.506 e. The molecule has 0 aliphatic carbocycles. The maximum atomic E-state index is 12.9. The van der Waals surface area contributed by atoms with Crippen LogP contribution in [0.25, 0.3) is 17.4 Å². The van der Waals surface area contributed by atoms with E-state index >= 15 is 0 Å². The molecule has 3 aromatic rings. The van der Waals surface area contributed by atoms with Crippen molar-refractivity contribution in [2.24, 2.45) is 0 Å². The van der Waals surface area contributed by atoms with Crippen LogP contribution in [0.4, 0.5) is 18.9 Å². The van der Waals surface area contributed by atoms with Crippen LogP contribution in [-0.2, 0) is 11.0 Å². The number of benzene rings is 2. The van der Waals surface area contributed by atoms with E-state index in [1.54, 1.807) is 18.2 Å². The summed E-state index contributed by atoms with van der Waals surface area (Å²) in [7, 11) is 0. The van der Waals surface area contributed by atoms with Gasteiger partial charge in [-0.25, -0.2) is 0 Å². The Balaban J connectivity index is 1.84. The average Bonchev–Trinajstić information content (AvgIpc) is 3.16. The molecule has 2 N–H and O–H groups in total. The van der Waals surface area contributed by atoms with Crippen LogP contribution in [0.2, 0.25) is 0 Å². The molecule has 0 aliphatic rings. The summed E-state index contributed by atoms with van der Waals surface area (Å²) in [5.74, 6) is -0.670. The van der Waals surface area contributed by atoms with Crippen LogP contribution in [0.3, 0.4) is 0 Å². The third kappa shape index (κ3) is 4.65. The van der Waals surface area contributed by atoms with Crippen molar-refractivity contribution in [1.29, 1.82) is 5.26 Å². The van der Waals surface area contributed by atoms with Crippen molar-refractivity contribution in [3.05, 3.63) is 77.6 Å². The molecular formula is C21H13F3N2O3. The van der Waals surface area contributed by atoms with Crippen molar-refractivity contribution in [2.45, 2.75) is 6.18 Å². The van der Waals surface area contributed by atoms with Gasteiger partial charge in [-0.1, -0.05) is 24.3 Å². The first-order chi connectivity index (χ1) is 13.8. The number of nitriles is 1. The highest BCUT2D eigenvalue weighted by atomic mass is 19.4. The van der Waals surface area contributed by atoms with E-state index in [2.05, 4.69) is 5.32 Å². The minimum Gasteiger partial charge on any atom is -0.506 e. The number of alkyl halides is 3. The van der Waals surface area contributed by atoms with Gasteiger partial charge in [-0.05, 0) is 36.4 Å². The summed E-state index contributed by atoms with van der Waals surface area (Å²) in [6.45, 7) is 0. The molecule has 5 nitrogen and oxygen atoms in total. The summed E-state index contributed by atoms with van der Waals surface area (Å²) in [4.78, 5) is 12.3. The number of furan rings is 1. The van der Waals surface area contributed by atoms with Crippen molar-refractivity contribution < 1.29 is 27.5 Å². The van der Waals surface area contributed by atoms with Crippen LogP contribution < -0.4 is 5.32 Å². The summed E-state index contributed by atoms with van der Waals surface area (Å²) in [5.41, 5.74) is -0.791. The zero-order valence-electron chi connectivity index (χ0n) is 14.7. The normalized spacial score (nSPS) is 11.7. The van der Waals surface area contributed by atoms with Gasteiger partial charge < -0.3 is 14.8 Å². The summed E-state index contributed by atoms with van der Waals surface area (Å²) in [5, 5.41) is 21.3. The van der Waals surface area contributed by atoms with Gasteiger partial charge in [-0.3, -0.25) is 4.79 Å². The topological polar surface area (TPSA) is 86.3 Å². The van der Waals surface area contributed by atoms with Gasteiger partial charge in [-0.15, -0.1) is 0 Å². The van der Waals surface area contributed by atoms with Crippen LogP contribution in [0.1, 0.15) is 11.3 Å². The zero-order chi connectivity index (χ0) is 21.0. The molecule has 0 unspecified atom stereocenters. The second-order valence-electron chi connectivity index (χ2n) is 5.92. The lowest BCUT2D eigenvalue weighted by Crippen LogP contribution is -2.13. The highest BCUT2D eigenvalue weighted by Gasteiger charge is 2.30. The Morgan fingerprint density at radius 2 is 1.86 bits per heavy atom. The van der Waals surface area contributed by atoms with Crippen molar-refractivity contribution in [3.63, 3.8) is 0 Å². The number of carbonyl (C=O) groups is 1. The summed E-state index contributed by atoms with van der Waals surface area (Å²) in [6, 6.07) is 15.2. The average molecular weight is 398 g/mol. The SMILES string of the molecule is N#C/C(=C\c1ccc(-c2cccc(C(F)(F)F)c2)o1)C(=O)Nc1ccccc1O. The van der Waals surface area contributed by atoms with E-state index in [-0.39, 0.29) is 34.1 Å². The molecule has 0 aliphatic heterocycles. The van der Waals surface area contributed by atoms with E-state index in [1.807, 2.05) is 0 Å². The van der Waals surface area contributed by atoms with E-state index in [0.29, 0.717) is 0 Å². The second kappa shape index (κ2) is 7.94. The number of rotatable bonds is 4. The summed E-state index contributed by atoms with van der Waals surface area (Å²) >= 11 is 0. The number of phenolic OH excluding ortho intramolecular Hbond substituents is 1. The number of nitrogens with zero attached hydrogens (tertiary/aromatic N) is 1. The quantitative estimate of drug-likeness (QED) is 0.359. The first-order valence-corrected chi connectivity index (χ1v) is 8.26.